The van der Waals surface area contributed by atoms with E-state index in [2.05, 4.69) is 22.0 Å². The topological polar surface area (TPSA) is 71.7 Å². The number of hydrogen-bond donors (Lipinski definition) is 1. The highest BCUT2D eigenvalue weighted by Crippen LogP contribution is 2.37. The number of ether oxygens (including phenoxy) is 1. The van der Waals surface area contributed by atoms with Gasteiger partial charge in [0.1, 0.15) is 5.82 Å². The molecular formula is C24H31FN4O2. The number of likely N-dealkylation sites (tertiary alicyclic amines) is 1. The molecule has 31 heavy (non-hydrogen) atoms. The SMILES string of the molecule is CCCCOc1nc(N)c2c(c1F)N(Cc1cccc(CN3CCCC3)c1)CC(=O)C2. The Labute approximate surface area is 183 Å². The third kappa shape index (κ3) is 4.98. The minimum atomic E-state index is -0.527. The Balaban J connectivity index is 1.59. The number of nitrogen functional groups attached to an aromatic ring is 1. The predicted molar refractivity (Wildman–Crippen MR) is 120 cm³/mol. The number of nitrogens with zero attached hydrogens (tertiary/aromatic N) is 3. The molecule has 0 unspecified atom stereocenters. The summed E-state index contributed by atoms with van der Waals surface area (Å²) in [5.41, 5.74) is 9.20. The first-order chi connectivity index (χ1) is 15.0. The molecule has 0 bridgehead atoms. The molecule has 3 heterocycles. The number of halogens is 1. The Morgan fingerprint density at radius 2 is 1.94 bits per heavy atom. The Morgan fingerprint density at radius 1 is 1.19 bits per heavy atom. The number of unbranched alkanes of at least 4 members (excludes halogenated alkanes) is 1. The lowest BCUT2D eigenvalue weighted by molar-refractivity contribution is -0.117. The summed E-state index contributed by atoms with van der Waals surface area (Å²) >= 11 is 0. The van der Waals surface area contributed by atoms with Gasteiger partial charge in [-0.1, -0.05) is 37.6 Å². The third-order valence-corrected chi connectivity index (χ3v) is 5.98. The minimum absolute atomic E-state index is 0.00766. The Bertz CT molecular complexity index is 943. The summed E-state index contributed by atoms with van der Waals surface area (Å²) in [5.74, 6) is -0.426. The van der Waals surface area contributed by atoms with Crippen LogP contribution >= 0.6 is 0 Å². The van der Waals surface area contributed by atoms with Crippen LogP contribution in [0.15, 0.2) is 24.3 Å². The summed E-state index contributed by atoms with van der Waals surface area (Å²) in [7, 11) is 0. The second-order valence-corrected chi connectivity index (χ2v) is 8.52. The second kappa shape index (κ2) is 9.64. The number of fused-ring (bicyclic) bond motifs is 1. The van der Waals surface area contributed by atoms with Crippen molar-refractivity contribution in [1.82, 2.24) is 9.88 Å². The number of carbonyl (C=O) groups is 1. The number of benzene rings is 1. The van der Waals surface area contributed by atoms with Gasteiger partial charge < -0.3 is 15.4 Å². The molecule has 1 saturated heterocycles. The monoisotopic (exact) mass is 426 g/mol. The summed E-state index contributed by atoms with van der Waals surface area (Å²) in [6.45, 7) is 6.20. The number of Topliss-reactive ketones (excluding diaryl/α,β-unsaturated/α-hetero) is 1. The summed E-state index contributed by atoms with van der Waals surface area (Å²) < 4.78 is 20.9. The fourth-order valence-electron chi connectivity index (χ4n) is 4.42. The van der Waals surface area contributed by atoms with E-state index in [0.29, 0.717) is 24.4 Å². The molecule has 7 heteroatoms. The van der Waals surface area contributed by atoms with Crippen molar-refractivity contribution in [2.45, 2.75) is 52.1 Å². The lowest BCUT2D eigenvalue weighted by atomic mass is 10.00. The van der Waals surface area contributed by atoms with Crippen molar-refractivity contribution < 1.29 is 13.9 Å². The lowest BCUT2D eigenvalue weighted by Gasteiger charge is -2.32. The van der Waals surface area contributed by atoms with Gasteiger partial charge in [-0.2, -0.15) is 9.37 Å². The maximum atomic E-state index is 15.4. The molecule has 2 aromatic rings. The zero-order chi connectivity index (χ0) is 21.8. The average molecular weight is 427 g/mol. The smallest absolute Gasteiger partial charge is 0.254 e. The van der Waals surface area contributed by atoms with Gasteiger partial charge in [-0.25, -0.2) is 0 Å². The second-order valence-electron chi connectivity index (χ2n) is 8.52. The van der Waals surface area contributed by atoms with Crippen LogP contribution in [0.5, 0.6) is 5.88 Å². The normalized spacial score (nSPS) is 16.6. The van der Waals surface area contributed by atoms with Gasteiger partial charge in [0.05, 0.1) is 18.8 Å². The molecule has 166 valence electrons. The quantitative estimate of drug-likeness (QED) is 0.649. The number of rotatable bonds is 8. The first kappa shape index (κ1) is 21.6. The largest absolute Gasteiger partial charge is 0.475 e. The van der Waals surface area contributed by atoms with Crippen LogP contribution in [0, 0.1) is 5.82 Å². The number of hydrogen-bond acceptors (Lipinski definition) is 6. The summed E-state index contributed by atoms with van der Waals surface area (Å²) in [6.07, 6.45) is 4.36. The van der Waals surface area contributed by atoms with E-state index in [1.807, 2.05) is 19.1 Å². The molecule has 0 saturated carbocycles. The molecule has 0 radical (unpaired) electrons. The van der Waals surface area contributed by atoms with Gasteiger partial charge in [0.2, 0.25) is 5.82 Å². The van der Waals surface area contributed by atoms with Crippen LogP contribution in [-0.2, 0) is 24.3 Å². The van der Waals surface area contributed by atoms with E-state index in [0.717, 1.165) is 38.0 Å². The number of aromatic nitrogens is 1. The van der Waals surface area contributed by atoms with Gasteiger partial charge in [-0.05, 0) is 43.5 Å². The van der Waals surface area contributed by atoms with E-state index in [9.17, 15) is 4.79 Å². The van der Waals surface area contributed by atoms with Crippen LogP contribution in [0.4, 0.5) is 15.9 Å². The first-order valence-corrected chi connectivity index (χ1v) is 11.2. The first-order valence-electron chi connectivity index (χ1n) is 11.2. The highest BCUT2D eigenvalue weighted by Gasteiger charge is 2.31. The Hall–Kier alpha value is -2.67. The molecular weight excluding hydrogens is 395 g/mol. The molecule has 2 N–H and O–H groups in total. The van der Waals surface area contributed by atoms with E-state index >= 15 is 4.39 Å². The molecule has 0 atom stereocenters. The van der Waals surface area contributed by atoms with E-state index in [4.69, 9.17) is 10.5 Å². The van der Waals surface area contributed by atoms with Crippen molar-refractivity contribution in [3.63, 3.8) is 0 Å². The van der Waals surface area contributed by atoms with Crippen molar-refractivity contribution in [2.24, 2.45) is 0 Å². The van der Waals surface area contributed by atoms with Crippen molar-refractivity contribution in [3.8, 4) is 5.88 Å². The van der Waals surface area contributed by atoms with E-state index in [-0.39, 0.29) is 30.4 Å². The minimum Gasteiger partial charge on any atom is -0.475 e. The number of nitrogens with two attached hydrogens (primary N) is 1. The van der Waals surface area contributed by atoms with E-state index < -0.39 is 5.82 Å². The van der Waals surface area contributed by atoms with Crippen LogP contribution in [0.2, 0.25) is 0 Å². The molecule has 2 aliphatic heterocycles. The van der Waals surface area contributed by atoms with Crippen LogP contribution in [0.3, 0.4) is 0 Å². The Kier molecular flexibility index (Phi) is 6.70. The molecule has 6 nitrogen and oxygen atoms in total. The van der Waals surface area contributed by atoms with E-state index in [1.54, 1.807) is 4.90 Å². The third-order valence-electron chi connectivity index (χ3n) is 5.98. The van der Waals surface area contributed by atoms with Crippen LogP contribution < -0.4 is 15.4 Å². The summed E-state index contributed by atoms with van der Waals surface area (Å²) in [4.78, 5) is 20.7. The fourth-order valence-corrected chi connectivity index (χ4v) is 4.42. The fraction of sp³-hybridized carbons (Fsp3) is 0.500. The lowest BCUT2D eigenvalue weighted by Crippen LogP contribution is -2.37. The average Bonchev–Trinajstić information content (AvgIpc) is 3.25. The predicted octanol–water partition coefficient (Wildman–Crippen LogP) is 3.71. The maximum absolute atomic E-state index is 15.4. The van der Waals surface area contributed by atoms with Gasteiger partial charge >= 0.3 is 0 Å². The number of carbonyl (C=O) groups excluding carboxylic acids is 1. The highest BCUT2D eigenvalue weighted by atomic mass is 19.1. The zero-order valence-corrected chi connectivity index (χ0v) is 18.2. The van der Waals surface area contributed by atoms with Gasteiger partial charge in [0.25, 0.3) is 5.88 Å². The van der Waals surface area contributed by atoms with Gasteiger partial charge in [0, 0.05) is 25.1 Å². The van der Waals surface area contributed by atoms with E-state index in [1.165, 1.54) is 18.4 Å². The van der Waals surface area contributed by atoms with Crippen LogP contribution in [0.1, 0.15) is 49.3 Å². The standard InChI is InChI=1S/C24H31FN4O2/c1-2-3-11-31-24-21(25)22-20(23(26)27-24)13-19(30)16-29(22)15-18-8-6-7-17(12-18)14-28-9-4-5-10-28/h6-8,12H,2-5,9-11,13-16H2,1H3,(H2,26,27). The highest BCUT2D eigenvalue weighted by molar-refractivity contribution is 5.92. The molecule has 4 rings (SSSR count). The van der Waals surface area contributed by atoms with Gasteiger partial charge in [0.15, 0.2) is 5.78 Å². The van der Waals surface area contributed by atoms with Crippen molar-refractivity contribution in [3.05, 3.63) is 46.8 Å². The van der Waals surface area contributed by atoms with Crippen molar-refractivity contribution in [1.29, 1.82) is 0 Å². The molecule has 0 amide bonds. The summed E-state index contributed by atoms with van der Waals surface area (Å²) in [6, 6.07) is 8.33. The molecule has 1 fully saturated rings. The molecule has 0 aliphatic carbocycles. The molecule has 0 spiro atoms. The number of ketones is 1. The van der Waals surface area contributed by atoms with Crippen molar-refractivity contribution >= 4 is 17.3 Å². The number of anilines is 2. The number of pyridine rings is 1. The summed E-state index contributed by atoms with van der Waals surface area (Å²) in [5, 5.41) is 0. The van der Waals surface area contributed by atoms with Crippen molar-refractivity contribution in [2.75, 3.05) is 36.9 Å². The zero-order valence-electron chi connectivity index (χ0n) is 18.2. The molecule has 1 aromatic heterocycles. The molecule has 1 aromatic carbocycles. The van der Waals surface area contributed by atoms with Gasteiger partial charge in [-0.3, -0.25) is 9.69 Å². The van der Waals surface area contributed by atoms with Crippen LogP contribution in [-0.4, -0.2) is 41.9 Å². The molecule has 2 aliphatic rings. The van der Waals surface area contributed by atoms with Gasteiger partial charge in [-0.15, -0.1) is 0 Å². The maximum Gasteiger partial charge on any atom is 0.254 e. The van der Waals surface area contributed by atoms with Crippen LogP contribution in [0.25, 0.3) is 0 Å². The Morgan fingerprint density at radius 3 is 2.68 bits per heavy atom.